The van der Waals surface area contributed by atoms with Gasteiger partial charge in [0.2, 0.25) is 0 Å². The Labute approximate surface area is 175 Å². The molecule has 1 heterocycles. The Balaban J connectivity index is 1.85. The second-order valence-electron chi connectivity index (χ2n) is 7.79. The summed E-state index contributed by atoms with van der Waals surface area (Å²) in [5.74, 6) is -0.334. The van der Waals surface area contributed by atoms with Gasteiger partial charge in [-0.15, -0.1) is 0 Å². The molecule has 0 aromatic heterocycles. The predicted molar refractivity (Wildman–Crippen MR) is 116 cm³/mol. The Morgan fingerprint density at radius 2 is 1.83 bits per heavy atom. The summed E-state index contributed by atoms with van der Waals surface area (Å²) in [6.45, 7) is 6.39. The fourth-order valence-corrected chi connectivity index (χ4v) is 3.39. The van der Waals surface area contributed by atoms with Crippen molar-refractivity contribution in [3.63, 3.8) is 0 Å². The highest BCUT2D eigenvalue weighted by molar-refractivity contribution is 6.06. The Bertz CT molecular complexity index is 952. The molecule has 0 bridgehead atoms. The summed E-state index contributed by atoms with van der Waals surface area (Å²) in [4.78, 5) is 38.0. The molecule has 0 unspecified atom stereocenters. The number of nitrogens with zero attached hydrogens (tertiary/aromatic N) is 2. The molecule has 158 valence electrons. The molecule has 0 saturated carbocycles. The average Bonchev–Trinajstić information content (AvgIpc) is 3.26. The van der Waals surface area contributed by atoms with E-state index in [4.69, 9.17) is 0 Å². The Hall–Kier alpha value is -3.42. The maximum absolute atomic E-state index is 12.8. The van der Waals surface area contributed by atoms with Crippen LogP contribution in [-0.4, -0.2) is 36.4 Å². The summed E-state index contributed by atoms with van der Waals surface area (Å²) in [5, 5.41) is 16.6. The van der Waals surface area contributed by atoms with Crippen molar-refractivity contribution in [3.8, 4) is 0 Å². The summed E-state index contributed by atoms with van der Waals surface area (Å²) in [6, 6.07) is 10.8. The number of benzene rings is 2. The van der Waals surface area contributed by atoms with Crippen molar-refractivity contribution in [1.29, 1.82) is 0 Å². The van der Waals surface area contributed by atoms with Gasteiger partial charge in [0.15, 0.2) is 0 Å². The van der Waals surface area contributed by atoms with Crippen molar-refractivity contribution in [1.82, 2.24) is 5.32 Å². The first-order chi connectivity index (χ1) is 14.3. The molecule has 8 heteroatoms. The molecular formula is C22H26N4O4. The molecule has 0 aliphatic carbocycles. The van der Waals surface area contributed by atoms with E-state index in [0.29, 0.717) is 23.7 Å². The monoisotopic (exact) mass is 410 g/mol. The quantitative estimate of drug-likeness (QED) is 0.533. The molecule has 2 aromatic carbocycles. The van der Waals surface area contributed by atoms with Crippen LogP contribution in [0.1, 0.15) is 47.4 Å². The molecule has 30 heavy (non-hydrogen) atoms. The van der Waals surface area contributed by atoms with Crippen LogP contribution in [0.2, 0.25) is 0 Å². The van der Waals surface area contributed by atoms with Crippen molar-refractivity contribution in [2.45, 2.75) is 26.7 Å². The topological polar surface area (TPSA) is 105 Å². The zero-order chi connectivity index (χ0) is 21.7. The SMILES string of the molecule is CC(C)CNC(=O)c1cc(NC(=O)c2cccc([N+](=O)[O-])c2)ccc1N1CCCC1. The second kappa shape index (κ2) is 9.39. The highest BCUT2D eigenvalue weighted by atomic mass is 16.6. The van der Waals surface area contributed by atoms with Gasteiger partial charge in [-0.05, 0) is 43.0 Å². The number of carbonyl (C=O) groups excluding carboxylic acids is 2. The van der Waals surface area contributed by atoms with Gasteiger partial charge < -0.3 is 15.5 Å². The second-order valence-corrected chi connectivity index (χ2v) is 7.79. The van der Waals surface area contributed by atoms with Gasteiger partial charge >= 0.3 is 0 Å². The molecule has 8 nitrogen and oxygen atoms in total. The van der Waals surface area contributed by atoms with Gasteiger partial charge in [-0.25, -0.2) is 0 Å². The maximum Gasteiger partial charge on any atom is 0.270 e. The maximum atomic E-state index is 12.8. The number of nitro benzene ring substituents is 1. The predicted octanol–water partition coefficient (Wildman–Crippen LogP) is 3.83. The van der Waals surface area contributed by atoms with E-state index in [1.165, 1.54) is 24.3 Å². The average molecular weight is 410 g/mol. The Kier molecular flexibility index (Phi) is 6.66. The summed E-state index contributed by atoms with van der Waals surface area (Å²) in [5.41, 5.74) is 1.85. The van der Waals surface area contributed by atoms with Crippen molar-refractivity contribution >= 4 is 28.9 Å². The Morgan fingerprint density at radius 1 is 1.10 bits per heavy atom. The van der Waals surface area contributed by atoms with E-state index in [9.17, 15) is 19.7 Å². The summed E-state index contributed by atoms with van der Waals surface area (Å²) in [7, 11) is 0. The number of hydrogen-bond donors (Lipinski definition) is 2. The van der Waals surface area contributed by atoms with Crippen LogP contribution in [0.3, 0.4) is 0 Å². The molecule has 0 spiro atoms. The first kappa shape index (κ1) is 21.3. The lowest BCUT2D eigenvalue weighted by atomic mass is 10.1. The van der Waals surface area contributed by atoms with E-state index in [-0.39, 0.29) is 17.2 Å². The minimum atomic E-state index is -0.543. The molecule has 3 rings (SSSR count). The van der Waals surface area contributed by atoms with Crippen molar-refractivity contribution in [2.24, 2.45) is 5.92 Å². The van der Waals surface area contributed by atoms with Gasteiger partial charge in [0.25, 0.3) is 17.5 Å². The molecule has 2 aromatic rings. The number of rotatable bonds is 7. The van der Waals surface area contributed by atoms with E-state index < -0.39 is 10.8 Å². The van der Waals surface area contributed by atoms with Crippen LogP contribution in [0, 0.1) is 16.0 Å². The van der Waals surface area contributed by atoms with E-state index in [1.54, 1.807) is 12.1 Å². The van der Waals surface area contributed by atoms with Crippen LogP contribution in [0.5, 0.6) is 0 Å². The number of carbonyl (C=O) groups is 2. The lowest BCUT2D eigenvalue weighted by Gasteiger charge is -2.22. The Morgan fingerprint density at radius 3 is 2.50 bits per heavy atom. The van der Waals surface area contributed by atoms with Gasteiger partial charge in [-0.2, -0.15) is 0 Å². The van der Waals surface area contributed by atoms with Crippen LogP contribution in [0.4, 0.5) is 17.1 Å². The summed E-state index contributed by atoms with van der Waals surface area (Å²) in [6.07, 6.45) is 2.16. The highest BCUT2D eigenvalue weighted by Gasteiger charge is 2.21. The number of non-ortho nitro benzene ring substituents is 1. The molecule has 1 saturated heterocycles. The highest BCUT2D eigenvalue weighted by Crippen LogP contribution is 2.28. The third-order valence-electron chi connectivity index (χ3n) is 4.94. The molecule has 1 fully saturated rings. The van der Waals surface area contributed by atoms with Crippen LogP contribution in [0.15, 0.2) is 42.5 Å². The minimum absolute atomic E-state index is 0.152. The largest absolute Gasteiger partial charge is 0.371 e. The number of anilines is 2. The van der Waals surface area contributed by atoms with Crippen molar-refractivity contribution < 1.29 is 14.5 Å². The van der Waals surface area contributed by atoms with Crippen LogP contribution in [-0.2, 0) is 0 Å². The molecule has 0 radical (unpaired) electrons. The minimum Gasteiger partial charge on any atom is -0.371 e. The molecule has 2 N–H and O–H groups in total. The smallest absolute Gasteiger partial charge is 0.270 e. The zero-order valence-corrected chi connectivity index (χ0v) is 17.2. The van der Waals surface area contributed by atoms with Crippen molar-refractivity contribution in [2.75, 3.05) is 29.9 Å². The zero-order valence-electron chi connectivity index (χ0n) is 17.2. The third kappa shape index (κ3) is 5.14. The molecule has 1 aliphatic rings. The van der Waals surface area contributed by atoms with E-state index in [2.05, 4.69) is 15.5 Å². The number of amides is 2. The molecule has 0 atom stereocenters. The molecular weight excluding hydrogens is 384 g/mol. The van der Waals surface area contributed by atoms with Gasteiger partial charge in [0, 0.05) is 48.7 Å². The fourth-order valence-electron chi connectivity index (χ4n) is 3.39. The fraction of sp³-hybridized carbons (Fsp3) is 0.364. The molecule has 2 amide bonds. The van der Waals surface area contributed by atoms with Gasteiger partial charge in [-0.1, -0.05) is 19.9 Å². The van der Waals surface area contributed by atoms with E-state index >= 15 is 0 Å². The number of nitro groups is 1. The van der Waals surface area contributed by atoms with Crippen LogP contribution < -0.4 is 15.5 Å². The van der Waals surface area contributed by atoms with Gasteiger partial charge in [0.1, 0.15) is 0 Å². The van der Waals surface area contributed by atoms with E-state index in [0.717, 1.165) is 31.6 Å². The standard InChI is InChI=1S/C22H26N4O4/c1-15(2)14-23-22(28)19-13-17(8-9-20(19)25-10-3-4-11-25)24-21(27)16-6-5-7-18(12-16)26(29)30/h5-9,12-13,15H,3-4,10-11,14H2,1-2H3,(H,23,28)(H,24,27). The lowest BCUT2D eigenvalue weighted by molar-refractivity contribution is -0.384. The first-order valence-corrected chi connectivity index (χ1v) is 10.1. The summed E-state index contributed by atoms with van der Waals surface area (Å²) >= 11 is 0. The van der Waals surface area contributed by atoms with Gasteiger partial charge in [-0.3, -0.25) is 19.7 Å². The summed E-state index contributed by atoms with van der Waals surface area (Å²) < 4.78 is 0. The van der Waals surface area contributed by atoms with Crippen LogP contribution in [0.25, 0.3) is 0 Å². The molecule has 1 aliphatic heterocycles. The van der Waals surface area contributed by atoms with Crippen LogP contribution >= 0.6 is 0 Å². The number of hydrogen-bond acceptors (Lipinski definition) is 5. The lowest BCUT2D eigenvalue weighted by Crippen LogP contribution is -2.30. The third-order valence-corrected chi connectivity index (χ3v) is 4.94. The van der Waals surface area contributed by atoms with Gasteiger partial charge in [0.05, 0.1) is 10.5 Å². The van der Waals surface area contributed by atoms with Crippen molar-refractivity contribution in [3.05, 3.63) is 63.7 Å². The number of nitrogens with one attached hydrogen (secondary N) is 2. The van der Waals surface area contributed by atoms with E-state index in [1.807, 2.05) is 19.9 Å². The normalized spacial score (nSPS) is 13.4. The first-order valence-electron chi connectivity index (χ1n) is 10.1.